The van der Waals surface area contributed by atoms with Crippen LogP contribution < -0.4 is 14.8 Å². The maximum atomic E-state index is 10.6. The van der Waals surface area contributed by atoms with Crippen molar-refractivity contribution in [1.29, 1.82) is 0 Å². The lowest BCUT2D eigenvalue weighted by Crippen LogP contribution is -2.28. The molecule has 0 radical (unpaired) electrons. The third kappa shape index (κ3) is 4.40. The average Bonchev–Trinajstić information content (AvgIpc) is 2.42. The Morgan fingerprint density at radius 3 is 2.53 bits per heavy atom. The molecular formula is C15H25NO3. The van der Waals surface area contributed by atoms with Gasteiger partial charge in [0.05, 0.1) is 19.8 Å². The summed E-state index contributed by atoms with van der Waals surface area (Å²) in [6, 6.07) is 5.49. The molecule has 1 unspecified atom stereocenters. The number of aliphatic hydroxyl groups is 1. The number of rotatable bonds is 8. The fourth-order valence-corrected chi connectivity index (χ4v) is 2.01. The maximum Gasteiger partial charge on any atom is 0.128 e. The molecule has 1 atom stereocenters. The lowest BCUT2D eigenvalue weighted by molar-refractivity contribution is 0.0455. The van der Waals surface area contributed by atoms with Crippen LogP contribution in [0.2, 0.25) is 0 Å². The van der Waals surface area contributed by atoms with Crippen molar-refractivity contribution in [2.45, 2.75) is 32.3 Å². The molecule has 1 rings (SSSR count). The Kier molecular flexibility index (Phi) is 6.12. The van der Waals surface area contributed by atoms with Gasteiger partial charge in [-0.25, -0.2) is 0 Å². The van der Waals surface area contributed by atoms with Crippen LogP contribution in [0.1, 0.15) is 32.3 Å². The maximum absolute atomic E-state index is 10.6. The Morgan fingerprint density at radius 1 is 1.21 bits per heavy atom. The van der Waals surface area contributed by atoms with Gasteiger partial charge in [-0.2, -0.15) is 0 Å². The highest BCUT2D eigenvalue weighted by molar-refractivity contribution is 5.43. The molecule has 1 aromatic rings. The average molecular weight is 267 g/mol. The number of nitrogens with one attached hydrogen (secondary N) is 1. The van der Waals surface area contributed by atoms with Crippen LogP contribution in [-0.2, 0) is 5.60 Å². The molecule has 4 nitrogen and oxygen atoms in total. The summed E-state index contributed by atoms with van der Waals surface area (Å²) >= 11 is 0. The highest BCUT2D eigenvalue weighted by Crippen LogP contribution is 2.34. The van der Waals surface area contributed by atoms with Gasteiger partial charge in [0.1, 0.15) is 11.5 Å². The molecule has 0 amide bonds. The second kappa shape index (κ2) is 7.36. The highest BCUT2D eigenvalue weighted by atomic mass is 16.5. The van der Waals surface area contributed by atoms with E-state index in [1.807, 2.05) is 19.1 Å². The highest BCUT2D eigenvalue weighted by Gasteiger charge is 2.26. The molecule has 0 fully saturated rings. The summed E-state index contributed by atoms with van der Waals surface area (Å²) in [6.45, 7) is 5.68. The van der Waals surface area contributed by atoms with Crippen LogP contribution in [0.5, 0.6) is 11.5 Å². The van der Waals surface area contributed by atoms with Crippen LogP contribution in [0.3, 0.4) is 0 Å². The monoisotopic (exact) mass is 267 g/mol. The van der Waals surface area contributed by atoms with Crippen LogP contribution in [0.15, 0.2) is 18.2 Å². The summed E-state index contributed by atoms with van der Waals surface area (Å²) in [6.07, 6.45) is 1.73. The molecule has 0 aliphatic rings. The topological polar surface area (TPSA) is 50.7 Å². The van der Waals surface area contributed by atoms with Crippen molar-refractivity contribution < 1.29 is 14.6 Å². The molecule has 0 aromatic heterocycles. The molecule has 0 aliphatic heterocycles. The minimum Gasteiger partial charge on any atom is -0.497 e. The van der Waals surface area contributed by atoms with Crippen molar-refractivity contribution in [3.63, 3.8) is 0 Å². The molecule has 0 saturated heterocycles. The molecular weight excluding hydrogens is 242 g/mol. The van der Waals surface area contributed by atoms with Crippen LogP contribution in [-0.4, -0.2) is 32.4 Å². The van der Waals surface area contributed by atoms with Gasteiger partial charge >= 0.3 is 0 Å². The fraction of sp³-hybridized carbons (Fsp3) is 0.600. The predicted octanol–water partition coefficient (Wildman–Crippen LogP) is 2.30. The minimum atomic E-state index is -0.918. The summed E-state index contributed by atoms with van der Waals surface area (Å²) in [5.41, 5.74) is -0.132. The molecule has 1 aromatic carbocycles. The minimum absolute atomic E-state index is 0.635. The van der Waals surface area contributed by atoms with Crippen molar-refractivity contribution in [3.05, 3.63) is 23.8 Å². The smallest absolute Gasteiger partial charge is 0.128 e. The number of benzene rings is 1. The van der Waals surface area contributed by atoms with Gasteiger partial charge in [0, 0.05) is 11.6 Å². The SMILES string of the molecule is CCCNCCC(C)(O)c1ccc(OC)cc1OC. The summed E-state index contributed by atoms with van der Waals surface area (Å²) in [4.78, 5) is 0. The number of hydrogen-bond acceptors (Lipinski definition) is 4. The Bertz CT molecular complexity index is 391. The van der Waals surface area contributed by atoms with Crippen molar-refractivity contribution in [3.8, 4) is 11.5 Å². The zero-order chi connectivity index (χ0) is 14.3. The van der Waals surface area contributed by atoms with Crippen LogP contribution >= 0.6 is 0 Å². The van der Waals surface area contributed by atoms with E-state index in [9.17, 15) is 5.11 Å². The van der Waals surface area contributed by atoms with Gasteiger partial charge < -0.3 is 19.9 Å². The number of ether oxygens (including phenoxy) is 2. The quantitative estimate of drug-likeness (QED) is 0.710. The Hall–Kier alpha value is -1.26. The van der Waals surface area contributed by atoms with E-state index in [4.69, 9.17) is 9.47 Å². The van der Waals surface area contributed by atoms with Gasteiger partial charge in [0.2, 0.25) is 0 Å². The third-order valence-corrected chi connectivity index (χ3v) is 3.20. The molecule has 0 bridgehead atoms. The molecule has 0 spiro atoms. The van der Waals surface area contributed by atoms with E-state index < -0.39 is 5.60 Å². The molecule has 108 valence electrons. The van der Waals surface area contributed by atoms with Crippen molar-refractivity contribution >= 4 is 0 Å². The molecule has 0 aliphatic carbocycles. The predicted molar refractivity (Wildman–Crippen MR) is 76.9 cm³/mol. The number of methoxy groups -OCH3 is 2. The van der Waals surface area contributed by atoms with Crippen molar-refractivity contribution in [1.82, 2.24) is 5.32 Å². The normalized spacial score (nSPS) is 13.9. The zero-order valence-corrected chi connectivity index (χ0v) is 12.3. The summed E-state index contributed by atoms with van der Waals surface area (Å²) in [7, 11) is 3.21. The first kappa shape index (κ1) is 15.8. The van der Waals surface area contributed by atoms with Gasteiger partial charge in [0.15, 0.2) is 0 Å². The van der Waals surface area contributed by atoms with Gasteiger partial charge in [-0.05, 0) is 45.0 Å². The Labute approximate surface area is 115 Å². The first-order valence-electron chi connectivity index (χ1n) is 6.70. The lowest BCUT2D eigenvalue weighted by atomic mass is 9.91. The van der Waals surface area contributed by atoms with Crippen LogP contribution in [0.4, 0.5) is 0 Å². The van der Waals surface area contributed by atoms with Gasteiger partial charge in [-0.3, -0.25) is 0 Å². The van der Waals surface area contributed by atoms with E-state index in [0.29, 0.717) is 12.2 Å². The van der Waals surface area contributed by atoms with E-state index in [0.717, 1.165) is 30.8 Å². The van der Waals surface area contributed by atoms with Gasteiger partial charge in [-0.1, -0.05) is 6.92 Å². The third-order valence-electron chi connectivity index (χ3n) is 3.20. The first-order chi connectivity index (χ1) is 9.05. The molecule has 0 heterocycles. The summed E-state index contributed by atoms with van der Waals surface area (Å²) in [5, 5.41) is 13.9. The van der Waals surface area contributed by atoms with E-state index in [1.54, 1.807) is 20.3 Å². The zero-order valence-electron chi connectivity index (χ0n) is 12.3. The fourth-order valence-electron chi connectivity index (χ4n) is 2.01. The van der Waals surface area contributed by atoms with Crippen LogP contribution in [0, 0.1) is 0 Å². The van der Waals surface area contributed by atoms with Crippen molar-refractivity contribution in [2.75, 3.05) is 27.3 Å². The second-order valence-electron chi connectivity index (χ2n) is 4.84. The second-order valence-corrected chi connectivity index (χ2v) is 4.84. The van der Waals surface area contributed by atoms with E-state index in [1.165, 1.54) is 0 Å². The van der Waals surface area contributed by atoms with E-state index in [2.05, 4.69) is 12.2 Å². The molecule has 19 heavy (non-hydrogen) atoms. The van der Waals surface area contributed by atoms with Crippen molar-refractivity contribution in [2.24, 2.45) is 0 Å². The first-order valence-corrected chi connectivity index (χ1v) is 6.70. The largest absolute Gasteiger partial charge is 0.497 e. The van der Waals surface area contributed by atoms with E-state index in [-0.39, 0.29) is 0 Å². The summed E-state index contributed by atoms with van der Waals surface area (Å²) < 4.78 is 10.5. The molecule has 2 N–H and O–H groups in total. The van der Waals surface area contributed by atoms with E-state index >= 15 is 0 Å². The standard InChI is InChI=1S/C15H25NO3/c1-5-9-16-10-8-15(2,17)13-7-6-12(18-3)11-14(13)19-4/h6-7,11,16-17H,5,8-10H2,1-4H3. The Balaban J connectivity index is 2.81. The lowest BCUT2D eigenvalue weighted by Gasteiger charge is -2.26. The van der Waals surface area contributed by atoms with Gasteiger partial charge in [0.25, 0.3) is 0 Å². The van der Waals surface area contributed by atoms with Gasteiger partial charge in [-0.15, -0.1) is 0 Å². The Morgan fingerprint density at radius 2 is 1.95 bits per heavy atom. The molecule has 4 heteroatoms. The number of hydrogen-bond donors (Lipinski definition) is 2. The molecule has 0 saturated carbocycles. The van der Waals surface area contributed by atoms with Crippen LogP contribution in [0.25, 0.3) is 0 Å². The summed E-state index contributed by atoms with van der Waals surface area (Å²) in [5.74, 6) is 1.38.